The van der Waals surface area contributed by atoms with Gasteiger partial charge in [-0.05, 0) is 138 Å². The number of benzene rings is 4. The fraction of sp³-hybridized carbons (Fsp3) is 0.486. The summed E-state index contributed by atoms with van der Waals surface area (Å²) in [5.74, 6) is 2.22. The van der Waals surface area contributed by atoms with Crippen LogP contribution in [0.2, 0.25) is 0 Å². The van der Waals surface area contributed by atoms with Crippen molar-refractivity contribution in [3.63, 3.8) is 0 Å². The van der Waals surface area contributed by atoms with E-state index in [4.69, 9.17) is 40.0 Å². The van der Waals surface area contributed by atoms with Gasteiger partial charge in [-0.1, -0.05) is 80.4 Å². The molecule has 1 aliphatic carbocycles. The highest BCUT2D eigenvalue weighted by Gasteiger charge is 2.44. The number of nitrogens with zero attached hydrogens (tertiary/aromatic N) is 4. The fourth-order valence-electron chi connectivity index (χ4n) is 13.7. The quantitative estimate of drug-likeness (QED) is 0.0480. The predicted octanol–water partition coefficient (Wildman–Crippen LogP) is 9.92. The van der Waals surface area contributed by atoms with Crippen LogP contribution in [0.5, 0.6) is 34.5 Å². The molecule has 5 aliphatic rings. The molecule has 2 fully saturated rings. The van der Waals surface area contributed by atoms with Crippen molar-refractivity contribution in [1.82, 2.24) is 20.4 Å². The highest BCUT2D eigenvalue weighted by atomic mass is 79.9. The average molecular weight is 1320 g/mol. The average Bonchev–Trinajstić information content (AvgIpc) is 1.63. The molecule has 2 saturated heterocycles. The third-order valence-corrected chi connectivity index (χ3v) is 19.0. The van der Waals surface area contributed by atoms with E-state index in [1.165, 1.54) is 76.6 Å². The maximum atomic E-state index is 13.6. The van der Waals surface area contributed by atoms with Gasteiger partial charge in [-0.3, -0.25) is 19.2 Å². The molecular formula is C72H92BrClN6O10. The van der Waals surface area contributed by atoms with Crippen molar-refractivity contribution >= 4 is 52.3 Å². The monoisotopic (exact) mass is 1310 g/mol. The van der Waals surface area contributed by atoms with E-state index in [2.05, 4.69) is 121 Å². The van der Waals surface area contributed by atoms with E-state index in [0.717, 1.165) is 113 Å². The number of ether oxygens (including phenoxy) is 6. The lowest BCUT2D eigenvalue weighted by molar-refractivity contribution is -0.438. The van der Waals surface area contributed by atoms with Gasteiger partial charge in [-0.25, -0.2) is 0 Å². The smallest absolute Gasteiger partial charge is 0.251 e. The lowest BCUT2D eigenvalue weighted by Gasteiger charge is -2.33. The molecule has 2 N–H and O–H groups in total. The number of hydrogen-bond donors (Lipinski definition) is 2. The third-order valence-electron chi connectivity index (χ3n) is 18.6. The summed E-state index contributed by atoms with van der Waals surface area (Å²) in [7, 11) is 9.14. The van der Waals surface area contributed by atoms with Gasteiger partial charge in [-0.15, -0.1) is 0 Å². The summed E-state index contributed by atoms with van der Waals surface area (Å²) in [4.78, 5) is 60.4. The summed E-state index contributed by atoms with van der Waals surface area (Å²) in [6, 6.07) is 23.7. The Hall–Kier alpha value is -7.24. The fourth-order valence-corrected chi connectivity index (χ4v) is 14.0. The molecular weight excluding hydrogens is 1220 g/mol. The van der Waals surface area contributed by atoms with E-state index in [-0.39, 0.29) is 63.5 Å². The molecule has 18 heteroatoms. The van der Waals surface area contributed by atoms with Crippen LogP contribution in [0.4, 0.5) is 11.4 Å². The largest absolute Gasteiger partial charge is 1.00 e. The SMILES string of the molecule is COc1cc(C(=O)NC2CCCN(C(=O)CCCCCN3/C(=C/C=C4\CCCC(/C=C/C5=[N+](CCCCCC(=O)N6CCCC(NC(=O)c7cc(OC)c(OC)c(OC)c7)C6)c6ccccc6C5(C)C)=C4Cl)C(C)(C)c4ccccc43)C2)cc(OC)c1OC.[Br-]. The normalized spacial score (nSPS) is 19.3. The lowest BCUT2D eigenvalue weighted by Crippen LogP contribution is -3.00. The predicted molar refractivity (Wildman–Crippen MR) is 351 cm³/mol. The maximum Gasteiger partial charge on any atom is 0.251 e. The first-order valence-electron chi connectivity index (χ1n) is 31.8. The minimum atomic E-state index is -0.252. The molecule has 0 saturated carbocycles. The Balaban J connectivity index is 0.0000105. The summed E-state index contributed by atoms with van der Waals surface area (Å²) in [6.45, 7) is 13.2. The molecule has 2 unspecified atom stereocenters. The number of carbonyl (C=O) groups excluding carboxylic acids is 4. The summed E-state index contributed by atoms with van der Waals surface area (Å²) in [5.41, 5.74) is 10.1. The number of allylic oxidation sites excluding steroid dienone is 8. The number of piperidine rings is 2. The Morgan fingerprint density at radius 3 is 1.64 bits per heavy atom. The van der Waals surface area contributed by atoms with Crippen molar-refractivity contribution in [3.05, 3.63) is 141 Å². The molecule has 16 nitrogen and oxygen atoms in total. The highest BCUT2D eigenvalue weighted by Crippen LogP contribution is 2.49. The summed E-state index contributed by atoms with van der Waals surface area (Å²) < 4.78 is 35.2. The summed E-state index contributed by atoms with van der Waals surface area (Å²) in [6.07, 6.45) is 21.3. The zero-order valence-electron chi connectivity index (χ0n) is 54.4. The number of unbranched alkanes of at least 4 members (excludes halogenated alkanes) is 4. The Kier molecular flexibility index (Phi) is 23.8. The highest BCUT2D eigenvalue weighted by molar-refractivity contribution is 6.32. The minimum Gasteiger partial charge on any atom is -1.00 e. The van der Waals surface area contributed by atoms with Crippen LogP contribution in [0.3, 0.4) is 0 Å². The molecule has 4 amide bonds. The first kappa shape index (κ1) is 68.7. The molecule has 484 valence electrons. The van der Waals surface area contributed by atoms with Gasteiger partial charge in [0.15, 0.2) is 28.7 Å². The molecule has 4 heterocycles. The number of likely N-dealkylation sites (tertiary alicyclic amines) is 2. The molecule has 0 radical (unpaired) electrons. The third kappa shape index (κ3) is 15.4. The van der Waals surface area contributed by atoms with Gasteiger partial charge < -0.3 is 70.7 Å². The van der Waals surface area contributed by atoms with Crippen LogP contribution in [0.1, 0.15) is 156 Å². The van der Waals surface area contributed by atoms with Gasteiger partial charge in [0.05, 0.1) is 48.1 Å². The van der Waals surface area contributed by atoms with Crippen molar-refractivity contribution in [2.75, 3.05) is 86.8 Å². The number of para-hydroxylation sites is 2. The van der Waals surface area contributed by atoms with E-state index < -0.39 is 0 Å². The number of anilines is 1. The molecule has 4 aromatic rings. The Labute approximate surface area is 548 Å². The molecule has 0 spiro atoms. The second-order valence-corrected chi connectivity index (χ2v) is 25.4. The number of methoxy groups -OCH3 is 6. The summed E-state index contributed by atoms with van der Waals surface area (Å²) >= 11 is 7.45. The van der Waals surface area contributed by atoms with Crippen LogP contribution >= 0.6 is 11.6 Å². The zero-order valence-corrected chi connectivity index (χ0v) is 56.7. The van der Waals surface area contributed by atoms with E-state index in [1.54, 1.807) is 24.3 Å². The first-order valence-corrected chi connectivity index (χ1v) is 32.2. The Morgan fingerprint density at radius 1 is 0.600 bits per heavy atom. The van der Waals surface area contributed by atoms with E-state index in [9.17, 15) is 19.2 Å². The molecule has 9 rings (SSSR count). The van der Waals surface area contributed by atoms with E-state index in [0.29, 0.717) is 84.6 Å². The van der Waals surface area contributed by atoms with E-state index in [1.807, 2.05) is 9.80 Å². The van der Waals surface area contributed by atoms with Crippen molar-refractivity contribution < 1.29 is 69.2 Å². The number of halogens is 2. The van der Waals surface area contributed by atoms with Crippen LogP contribution in [0.15, 0.2) is 119 Å². The minimum absolute atomic E-state index is 0. The van der Waals surface area contributed by atoms with Gasteiger partial charge >= 0.3 is 0 Å². The van der Waals surface area contributed by atoms with Crippen molar-refractivity contribution in [2.45, 2.75) is 147 Å². The van der Waals surface area contributed by atoms with Crippen LogP contribution in [0, 0.1) is 0 Å². The van der Waals surface area contributed by atoms with Crippen molar-refractivity contribution in [2.24, 2.45) is 0 Å². The number of amides is 4. The summed E-state index contributed by atoms with van der Waals surface area (Å²) in [5, 5.41) is 7.10. The second kappa shape index (κ2) is 31.2. The van der Waals surface area contributed by atoms with Gasteiger partial charge in [0.1, 0.15) is 6.54 Å². The van der Waals surface area contributed by atoms with Crippen molar-refractivity contribution in [3.8, 4) is 34.5 Å². The lowest BCUT2D eigenvalue weighted by atomic mass is 9.81. The van der Waals surface area contributed by atoms with Gasteiger partial charge in [-0.2, -0.15) is 4.58 Å². The number of carbonyl (C=O) groups is 4. The topological polar surface area (TPSA) is 160 Å². The van der Waals surface area contributed by atoms with Crippen molar-refractivity contribution in [1.29, 1.82) is 0 Å². The first-order chi connectivity index (χ1) is 42.9. The Morgan fingerprint density at radius 2 is 1.11 bits per heavy atom. The second-order valence-electron chi connectivity index (χ2n) is 25.0. The Bertz CT molecular complexity index is 3370. The number of hydrogen-bond acceptors (Lipinski definition) is 11. The van der Waals surface area contributed by atoms with Gasteiger partial charge in [0.2, 0.25) is 29.0 Å². The molecule has 0 bridgehead atoms. The van der Waals surface area contributed by atoms with Crippen LogP contribution in [-0.2, 0) is 20.4 Å². The number of nitrogens with one attached hydrogen (secondary N) is 2. The molecule has 0 aromatic heterocycles. The number of fused-ring (bicyclic) bond motifs is 2. The molecule has 90 heavy (non-hydrogen) atoms. The van der Waals surface area contributed by atoms with Crippen LogP contribution in [0.25, 0.3) is 0 Å². The zero-order chi connectivity index (χ0) is 63.4. The molecule has 4 aliphatic heterocycles. The van der Waals surface area contributed by atoms with Crippen LogP contribution in [-0.4, -0.2) is 138 Å². The standard InChI is InChI=1S/C72H91ClN6O10.BrH/c1-71(2)54-28-15-17-30-56(54)78(40-19-11-13-32-64(80)76-38-22-26-52(46-76)74-69(82)50-42-58(84-5)67(88-9)59(43-50)85-6)62(71)36-34-48-24-21-25-49(66(48)73)35-37-63-72(3,4)55-29-16-18-31-57(55)79(63)41-20-12-14-33-65(81)77-39-23-27-53(47-77)75-70(83)51-44-60(86-7)68(89-10)61(45-51)87-8;/h15-18,28-31,34-37,42-45,52-53H,11-14,19-27,32-33,38-41,46-47H2,1-10H3,(H-,74,75,82,83);1H. The molecule has 4 aromatic carbocycles. The molecule has 2 atom stereocenters. The van der Waals surface area contributed by atoms with Gasteiger partial charge in [0.25, 0.3) is 11.8 Å². The van der Waals surface area contributed by atoms with Gasteiger partial charge in [0, 0.05) is 115 Å². The number of rotatable bonds is 25. The maximum absolute atomic E-state index is 13.6. The van der Waals surface area contributed by atoms with Crippen LogP contribution < -0.4 is 60.9 Å². The van der Waals surface area contributed by atoms with E-state index >= 15 is 0 Å².